The van der Waals surface area contributed by atoms with Crippen molar-refractivity contribution in [3.63, 3.8) is 0 Å². The van der Waals surface area contributed by atoms with Crippen molar-refractivity contribution < 1.29 is 24.6 Å². The fourth-order valence-electron chi connectivity index (χ4n) is 1.89. The van der Waals surface area contributed by atoms with Gasteiger partial charge in [-0.25, -0.2) is 4.98 Å². The number of benzene rings is 1. The second-order valence-corrected chi connectivity index (χ2v) is 4.78. The van der Waals surface area contributed by atoms with Crippen LogP contribution in [0.5, 0.6) is 0 Å². The summed E-state index contributed by atoms with van der Waals surface area (Å²) < 4.78 is 1.90. The number of aromatic nitrogens is 2. The Balaban J connectivity index is 0.00000200. The molecule has 3 nitrogen and oxygen atoms in total. The predicted molar refractivity (Wildman–Crippen MR) is 81.9 cm³/mol. The van der Waals surface area contributed by atoms with Crippen molar-refractivity contribution in [1.29, 1.82) is 0 Å². The Morgan fingerprint density at radius 1 is 1.33 bits per heavy atom. The molecule has 0 aliphatic carbocycles. The van der Waals surface area contributed by atoms with E-state index in [1.54, 1.807) is 12.3 Å². The first-order chi connectivity index (χ1) is 9.20. The van der Waals surface area contributed by atoms with E-state index in [0.29, 0.717) is 12.4 Å². The molecule has 1 heterocycles. The summed E-state index contributed by atoms with van der Waals surface area (Å²) in [7, 11) is 0. The zero-order chi connectivity index (χ0) is 13.7. The van der Waals surface area contributed by atoms with Crippen LogP contribution in [0.15, 0.2) is 48.8 Å². The number of imidazole rings is 1. The van der Waals surface area contributed by atoms with Crippen molar-refractivity contribution in [2.75, 3.05) is 0 Å². The Hall–Kier alpha value is -1.41. The Morgan fingerprint density at radius 2 is 2.00 bits per heavy atom. The molecule has 0 bridgehead atoms. The third-order valence-electron chi connectivity index (χ3n) is 3.21. The molecule has 0 amide bonds. The molecule has 0 saturated heterocycles. The van der Waals surface area contributed by atoms with E-state index in [0.717, 1.165) is 12.0 Å². The van der Waals surface area contributed by atoms with Gasteiger partial charge in [0.25, 0.3) is 0 Å². The first-order valence-electron chi connectivity index (χ1n) is 6.65. The van der Waals surface area contributed by atoms with E-state index in [9.17, 15) is 5.11 Å². The summed E-state index contributed by atoms with van der Waals surface area (Å²) in [5.74, 6) is 0.814. The monoisotopic (exact) mass is 335 g/mol. The Morgan fingerprint density at radius 3 is 2.62 bits per heavy atom. The molecule has 0 spiro atoms. The summed E-state index contributed by atoms with van der Waals surface area (Å²) in [6.45, 7) is 4.80. The van der Waals surface area contributed by atoms with Crippen molar-refractivity contribution in [2.45, 2.75) is 34.2 Å². The van der Waals surface area contributed by atoms with E-state index in [2.05, 4.69) is 11.9 Å². The number of nitrogens with zero attached hydrogens (tertiary/aromatic N) is 2. The zero-order valence-electron chi connectivity index (χ0n) is 12.1. The van der Waals surface area contributed by atoms with Crippen LogP contribution in [-0.2, 0) is 26.0 Å². The molecule has 0 unspecified atom stereocenters. The summed E-state index contributed by atoms with van der Waals surface area (Å²) in [4.78, 5) is 4.18. The van der Waals surface area contributed by atoms with E-state index in [-0.39, 0.29) is 38.6 Å². The van der Waals surface area contributed by atoms with E-state index in [1.165, 1.54) is 0 Å². The number of allylic oxidation sites excluding steroid dienone is 1. The molecule has 0 saturated carbocycles. The molecule has 0 aliphatic rings. The minimum absolute atomic E-state index is 0. The van der Waals surface area contributed by atoms with Crippen LogP contribution < -0.4 is 5.11 Å². The summed E-state index contributed by atoms with van der Waals surface area (Å²) in [5.41, 5.74) is 1.16. The maximum absolute atomic E-state index is 12.1. The van der Waals surface area contributed by atoms with Crippen LogP contribution in [0, 0.1) is 5.92 Å². The van der Waals surface area contributed by atoms with Gasteiger partial charge in [0.15, 0.2) is 0 Å². The van der Waals surface area contributed by atoms with Gasteiger partial charge in [-0.05, 0) is 11.5 Å². The smallest absolute Gasteiger partial charge is 0.124 e. The minimum atomic E-state index is 0. The molecule has 0 N–H and O–H groups in total. The van der Waals surface area contributed by atoms with Gasteiger partial charge in [0.1, 0.15) is 5.82 Å². The molecule has 2 rings (SSSR count). The average molecular weight is 337 g/mol. The largest absolute Gasteiger partial charge is 0.870 e. The van der Waals surface area contributed by atoms with E-state index in [4.69, 9.17) is 0 Å². The first kappa shape index (κ1) is 19.6. The third kappa shape index (κ3) is 5.47. The van der Waals surface area contributed by atoms with Crippen LogP contribution in [0.25, 0.3) is 5.76 Å². The van der Waals surface area contributed by atoms with Crippen LogP contribution in [0.4, 0.5) is 0 Å². The Kier molecular flexibility index (Phi) is 8.88. The van der Waals surface area contributed by atoms with Crippen LogP contribution in [0.1, 0.15) is 39.1 Å². The van der Waals surface area contributed by atoms with Gasteiger partial charge in [0.2, 0.25) is 0 Å². The van der Waals surface area contributed by atoms with Gasteiger partial charge in [-0.3, -0.25) is 0 Å². The van der Waals surface area contributed by atoms with Crippen molar-refractivity contribution in [3.05, 3.63) is 60.2 Å². The van der Waals surface area contributed by atoms with Crippen molar-refractivity contribution in [2.24, 2.45) is 5.92 Å². The van der Waals surface area contributed by atoms with Crippen LogP contribution >= 0.6 is 0 Å². The fraction of sp³-hybridized carbons (Fsp3) is 0.353. The summed E-state index contributed by atoms with van der Waals surface area (Å²) in [5, 5.41) is 12.1. The molecule has 2 aromatic rings. The van der Waals surface area contributed by atoms with Crippen molar-refractivity contribution >= 4 is 5.76 Å². The van der Waals surface area contributed by atoms with E-state index in [1.807, 2.05) is 48.0 Å². The molecular formula is C17H23N2OZn-. The summed E-state index contributed by atoms with van der Waals surface area (Å²) in [6, 6.07) is 10.1. The van der Waals surface area contributed by atoms with Crippen LogP contribution in [0.3, 0.4) is 0 Å². The van der Waals surface area contributed by atoms with Crippen LogP contribution in [0.2, 0.25) is 0 Å². The molecule has 1 aromatic carbocycles. The molecule has 4 heteroatoms. The third-order valence-corrected chi connectivity index (χ3v) is 3.21. The topological polar surface area (TPSA) is 40.9 Å². The summed E-state index contributed by atoms with van der Waals surface area (Å²) >= 11 is 0. The Labute approximate surface area is 140 Å². The van der Waals surface area contributed by atoms with Gasteiger partial charge in [-0.1, -0.05) is 69.9 Å². The van der Waals surface area contributed by atoms with Gasteiger partial charge < -0.3 is 9.67 Å². The SMILES string of the molecule is C.CC[C@@H](C)/C=C(\[O-])c1nccn1Cc1ccccc1.[Zn]. The quantitative estimate of drug-likeness (QED) is 0.621. The molecule has 0 fully saturated rings. The molecule has 110 valence electrons. The first-order valence-corrected chi connectivity index (χ1v) is 6.65. The summed E-state index contributed by atoms with van der Waals surface area (Å²) in [6.07, 6.45) is 6.25. The maximum Gasteiger partial charge on any atom is 0.124 e. The maximum atomic E-state index is 12.1. The average Bonchev–Trinajstić information content (AvgIpc) is 2.88. The van der Waals surface area contributed by atoms with E-state index < -0.39 is 0 Å². The van der Waals surface area contributed by atoms with E-state index >= 15 is 0 Å². The van der Waals surface area contributed by atoms with Gasteiger partial charge >= 0.3 is 0 Å². The molecular weight excluding hydrogens is 314 g/mol. The molecule has 21 heavy (non-hydrogen) atoms. The van der Waals surface area contributed by atoms with Crippen molar-refractivity contribution in [1.82, 2.24) is 9.55 Å². The van der Waals surface area contributed by atoms with Gasteiger partial charge in [-0.2, -0.15) is 0 Å². The van der Waals surface area contributed by atoms with Gasteiger partial charge in [0, 0.05) is 38.4 Å². The standard InChI is InChI=1S/C16H20N2O.CH4.Zn/c1-3-13(2)11-15(19)16-17-9-10-18(16)12-14-7-5-4-6-8-14;;/h4-11,13,19H,3,12H2,1-2H3;1H4;/p-1/b15-11-;;/t13-;;/m1../s1. The van der Waals surface area contributed by atoms with Gasteiger partial charge in [0.05, 0.1) is 0 Å². The molecule has 1 aromatic heterocycles. The second kappa shape index (κ2) is 9.52. The second-order valence-electron chi connectivity index (χ2n) is 4.78. The van der Waals surface area contributed by atoms with Crippen molar-refractivity contribution in [3.8, 4) is 0 Å². The molecule has 0 aliphatic heterocycles. The zero-order valence-corrected chi connectivity index (χ0v) is 15.1. The molecule has 1 atom stereocenters. The molecule has 0 radical (unpaired) electrons. The number of rotatable bonds is 5. The van der Waals surface area contributed by atoms with Crippen LogP contribution in [-0.4, -0.2) is 9.55 Å². The predicted octanol–water partition coefficient (Wildman–Crippen LogP) is 3.31. The minimum Gasteiger partial charge on any atom is -0.870 e. The number of hydrogen-bond donors (Lipinski definition) is 0. The Bertz CT molecular complexity index is 549. The normalized spacial score (nSPS) is 12.2. The number of hydrogen-bond acceptors (Lipinski definition) is 2. The fourth-order valence-corrected chi connectivity index (χ4v) is 1.89. The van der Waals surface area contributed by atoms with Gasteiger partial charge in [-0.15, -0.1) is 0 Å².